The molecule has 0 atom stereocenters. The van der Waals surface area contributed by atoms with Crippen molar-refractivity contribution in [3.8, 4) is 5.75 Å². The number of benzene rings is 2. The molecule has 2 aromatic carbocycles. The van der Waals surface area contributed by atoms with E-state index < -0.39 is 0 Å². The van der Waals surface area contributed by atoms with Gasteiger partial charge in [0.1, 0.15) is 18.9 Å². The van der Waals surface area contributed by atoms with Crippen LogP contribution < -0.4 is 10.1 Å². The van der Waals surface area contributed by atoms with Crippen molar-refractivity contribution in [2.45, 2.75) is 32.0 Å². The second-order valence-electron chi connectivity index (χ2n) is 5.20. The van der Waals surface area contributed by atoms with E-state index in [1.165, 1.54) is 24.0 Å². The fraction of sp³-hybridized carbons (Fsp3) is 0.294. The maximum atomic E-state index is 5.84. The molecule has 1 aliphatic rings. The summed E-state index contributed by atoms with van der Waals surface area (Å²) in [5, 5.41) is 2.43. The molecular weight excluding hydrogens is 234 g/mol. The van der Waals surface area contributed by atoms with Crippen molar-refractivity contribution in [1.82, 2.24) is 0 Å². The minimum atomic E-state index is 0.636. The molecule has 2 heteroatoms. The number of nitrogens with two attached hydrogens (primary N) is 1. The normalized spacial score (nSPS) is 14.3. The van der Waals surface area contributed by atoms with E-state index in [2.05, 4.69) is 35.6 Å². The summed E-state index contributed by atoms with van der Waals surface area (Å²) < 4.78 is 5.84. The zero-order chi connectivity index (χ0) is 12.9. The molecule has 0 aliphatic heterocycles. The van der Waals surface area contributed by atoms with Crippen LogP contribution >= 0.6 is 0 Å². The lowest BCUT2D eigenvalue weighted by Gasteiger charge is -2.07. The summed E-state index contributed by atoms with van der Waals surface area (Å²) in [6, 6.07) is 19.6. The van der Waals surface area contributed by atoms with Crippen molar-refractivity contribution in [2.75, 3.05) is 0 Å². The molecule has 0 unspecified atom stereocenters. The zero-order valence-electron chi connectivity index (χ0n) is 11.1. The van der Waals surface area contributed by atoms with Gasteiger partial charge in [-0.2, -0.15) is 0 Å². The summed E-state index contributed by atoms with van der Waals surface area (Å²) in [7, 11) is 0. The van der Waals surface area contributed by atoms with Gasteiger partial charge in [0.05, 0.1) is 6.04 Å². The predicted molar refractivity (Wildman–Crippen MR) is 75.9 cm³/mol. The average molecular weight is 254 g/mol. The van der Waals surface area contributed by atoms with Crippen molar-refractivity contribution in [2.24, 2.45) is 0 Å². The van der Waals surface area contributed by atoms with E-state index >= 15 is 0 Å². The first-order valence-electron chi connectivity index (χ1n) is 6.99. The molecule has 2 N–H and O–H groups in total. The Kier molecular flexibility index (Phi) is 3.80. The third-order valence-electron chi connectivity index (χ3n) is 3.46. The van der Waals surface area contributed by atoms with Crippen LogP contribution in [0.15, 0.2) is 54.6 Å². The molecule has 3 rings (SSSR count). The van der Waals surface area contributed by atoms with E-state index in [9.17, 15) is 0 Å². The third-order valence-corrected chi connectivity index (χ3v) is 3.46. The molecule has 98 valence electrons. The molecule has 0 radical (unpaired) electrons. The Labute approximate surface area is 114 Å². The highest BCUT2D eigenvalue weighted by Crippen LogP contribution is 2.16. The van der Waals surface area contributed by atoms with Crippen molar-refractivity contribution < 1.29 is 10.1 Å². The van der Waals surface area contributed by atoms with Gasteiger partial charge in [-0.3, -0.25) is 0 Å². The van der Waals surface area contributed by atoms with Crippen LogP contribution in [0, 0.1) is 0 Å². The van der Waals surface area contributed by atoms with E-state index in [1.54, 1.807) is 0 Å². The number of ether oxygens (including phenoxy) is 1. The molecule has 2 nitrogen and oxygen atoms in total. The molecule has 1 fully saturated rings. The van der Waals surface area contributed by atoms with Crippen LogP contribution in [0.2, 0.25) is 0 Å². The molecule has 0 aromatic heterocycles. The maximum Gasteiger partial charge on any atom is 0.120 e. The molecule has 0 bridgehead atoms. The standard InChI is InChI=1S/C17H19NO/c1-2-5-14(6-3-1)13-19-17-8-4-7-15(11-17)12-18-16-9-10-16/h1-8,11,16,18H,9-10,12-13H2/p+1. The number of quaternary nitrogens is 1. The van der Waals surface area contributed by atoms with Crippen LogP contribution in [0.1, 0.15) is 24.0 Å². The highest BCUT2D eigenvalue weighted by molar-refractivity contribution is 5.28. The Morgan fingerprint density at radius 2 is 1.74 bits per heavy atom. The van der Waals surface area contributed by atoms with Crippen LogP contribution in [-0.4, -0.2) is 6.04 Å². The lowest BCUT2D eigenvalue weighted by molar-refractivity contribution is -0.683. The van der Waals surface area contributed by atoms with Gasteiger partial charge in [-0.1, -0.05) is 42.5 Å². The van der Waals surface area contributed by atoms with Crippen molar-refractivity contribution >= 4 is 0 Å². The van der Waals surface area contributed by atoms with E-state index in [1.807, 2.05) is 24.3 Å². The topological polar surface area (TPSA) is 25.8 Å². The summed E-state index contributed by atoms with van der Waals surface area (Å²) in [5.41, 5.74) is 2.55. The molecule has 0 saturated heterocycles. The third kappa shape index (κ3) is 3.83. The highest BCUT2D eigenvalue weighted by Gasteiger charge is 2.24. The maximum absolute atomic E-state index is 5.84. The monoisotopic (exact) mass is 254 g/mol. The molecule has 1 aliphatic carbocycles. The number of rotatable bonds is 6. The molecule has 2 aromatic rings. The van der Waals surface area contributed by atoms with Gasteiger partial charge in [0.25, 0.3) is 0 Å². The van der Waals surface area contributed by atoms with Gasteiger partial charge in [0.15, 0.2) is 0 Å². The van der Waals surface area contributed by atoms with Crippen LogP contribution in [0.3, 0.4) is 0 Å². The summed E-state index contributed by atoms with van der Waals surface area (Å²) in [4.78, 5) is 0. The fourth-order valence-corrected chi connectivity index (χ4v) is 2.14. The number of hydrogen-bond donors (Lipinski definition) is 1. The Balaban J connectivity index is 1.56. The van der Waals surface area contributed by atoms with E-state index in [0.717, 1.165) is 18.3 Å². The molecule has 19 heavy (non-hydrogen) atoms. The minimum Gasteiger partial charge on any atom is -0.489 e. The second kappa shape index (κ2) is 5.89. The Bertz CT molecular complexity index is 520. The molecule has 0 spiro atoms. The van der Waals surface area contributed by atoms with Gasteiger partial charge in [0, 0.05) is 18.4 Å². The second-order valence-corrected chi connectivity index (χ2v) is 5.20. The summed E-state index contributed by atoms with van der Waals surface area (Å²) >= 11 is 0. The molecule has 0 heterocycles. The lowest BCUT2D eigenvalue weighted by Crippen LogP contribution is -2.84. The van der Waals surface area contributed by atoms with Crippen molar-refractivity contribution in [3.05, 3.63) is 65.7 Å². The molecule has 0 amide bonds. The summed E-state index contributed by atoms with van der Waals surface area (Å²) in [6.07, 6.45) is 2.76. The first kappa shape index (κ1) is 12.2. The van der Waals surface area contributed by atoms with Gasteiger partial charge < -0.3 is 10.1 Å². The van der Waals surface area contributed by atoms with Gasteiger partial charge in [0.2, 0.25) is 0 Å². The predicted octanol–water partition coefficient (Wildman–Crippen LogP) is 2.49. The Morgan fingerprint density at radius 3 is 2.53 bits per heavy atom. The van der Waals surface area contributed by atoms with Gasteiger partial charge in [-0.25, -0.2) is 0 Å². The first-order chi connectivity index (χ1) is 9.40. The van der Waals surface area contributed by atoms with E-state index in [4.69, 9.17) is 4.74 Å². The summed E-state index contributed by atoms with van der Waals surface area (Å²) in [5.74, 6) is 0.963. The minimum absolute atomic E-state index is 0.636. The Hall–Kier alpha value is -1.80. The highest BCUT2D eigenvalue weighted by atomic mass is 16.5. The zero-order valence-corrected chi connectivity index (χ0v) is 11.1. The van der Waals surface area contributed by atoms with E-state index in [-0.39, 0.29) is 0 Å². The van der Waals surface area contributed by atoms with Crippen LogP contribution in [0.5, 0.6) is 5.75 Å². The quantitative estimate of drug-likeness (QED) is 0.842. The van der Waals surface area contributed by atoms with Crippen molar-refractivity contribution in [1.29, 1.82) is 0 Å². The van der Waals surface area contributed by atoms with Crippen LogP contribution in [0.25, 0.3) is 0 Å². The van der Waals surface area contributed by atoms with E-state index in [0.29, 0.717) is 6.61 Å². The van der Waals surface area contributed by atoms with Crippen molar-refractivity contribution in [3.63, 3.8) is 0 Å². The van der Waals surface area contributed by atoms with Crippen LogP contribution in [-0.2, 0) is 13.2 Å². The van der Waals surface area contributed by atoms with Gasteiger partial charge >= 0.3 is 0 Å². The molecule has 1 saturated carbocycles. The lowest BCUT2D eigenvalue weighted by atomic mass is 10.2. The van der Waals surface area contributed by atoms with Gasteiger partial charge in [-0.15, -0.1) is 0 Å². The van der Waals surface area contributed by atoms with Gasteiger partial charge in [-0.05, 0) is 17.7 Å². The SMILES string of the molecule is c1ccc(COc2cccc(C[NH2+]C3CC3)c2)cc1. The molecular formula is C17H20NO+. The number of hydrogen-bond acceptors (Lipinski definition) is 1. The smallest absolute Gasteiger partial charge is 0.120 e. The summed E-state index contributed by atoms with van der Waals surface area (Å²) in [6.45, 7) is 1.70. The largest absolute Gasteiger partial charge is 0.489 e. The first-order valence-corrected chi connectivity index (χ1v) is 6.99. The van der Waals surface area contributed by atoms with Crippen LogP contribution in [0.4, 0.5) is 0 Å². The average Bonchev–Trinajstić information content (AvgIpc) is 3.29. The fourth-order valence-electron chi connectivity index (χ4n) is 2.14. The Morgan fingerprint density at radius 1 is 0.947 bits per heavy atom.